The van der Waals surface area contributed by atoms with Gasteiger partial charge in [0, 0.05) is 12.3 Å². The van der Waals surface area contributed by atoms with Crippen molar-refractivity contribution in [3.8, 4) is 5.75 Å². The summed E-state index contributed by atoms with van der Waals surface area (Å²) in [6.45, 7) is 4.10. The Morgan fingerprint density at radius 2 is 2.06 bits per heavy atom. The van der Waals surface area contributed by atoms with Gasteiger partial charge in [-0.3, -0.25) is 4.79 Å². The number of hydrogen-bond acceptors (Lipinski definition) is 6. The van der Waals surface area contributed by atoms with E-state index < -0.39 is 12.1 Å². The number of carbonyl (C=O) groups excluding carboxylic acids is 2. The highest BCUT2D eigenvalue weighted by Gasteiger charge is 2.25. The quantitative estimate of drug-likeness (QED) is 0.445. The van der Waals surface area contributed by atoms with Gasteiger partial charge in [0.25, 0.3) is 0 Å². The van der Waals surface area contributed by atoms with Crippen molar-refractivity contribution in [2.24, 2.45) is 0 Å². The highest BCUT2D eigenvalue weighted by Crippen LogP contribution is 2.44. The summed E-state index contributed by atoms with van der Waals surface area (Å²) >= 11 is 4.77. The maximum absolute atomic E-state index is 12.6. The number of esters is 1. The molecule has 0 saturated heterocycles. The molecule has 1 aliphatic rings. The third-order valence-corrected chi connectivity index (χ3v) is 7.09. The first-order valence-electron chi connectivity index (χ1n) is 10.7. The minimum atomic E-state index is -0.608. The second-order valence-electron chi connectivity index (χ2n) is 7.80. The molecule has 0 unspecified atom stereocenters. The number of aliphatic hydroxyl groups excluding tert-OH is 1. The van der Waals surface area contributed by atoms with Gasteiger partial charge in [-0.15, -0.1) is 11.3 Å². The van der Waals surface area contributed by atoms with Gasteiger partial charge < -0.3 is 25.2 Å². The van der Waals surface area contributed by atoms with Crippen LogP contribution in [0.4, 0.5) is 5.00 Å². The van der Waals surface area contributed by atoms with E-state index in [1.54, 1.807) is 19.1 Å². The van der Waals surface area contributed by atoms with Crippen molar-refractivity contribution in [1.29, 1.82) is 0 Å². The van der Waals surface area contributed by atoms with Gasteiger partial charge in [0.2, 0.25) is 5.91 Å². The van der Waals surface area contributed by atoms with E-state index in [2.05, 4.69) is 26.6 Å². The molecule has 1 aromatic carbocycles. The van der Waals surface area contributed by atoms with Crippen LogP contribution < -0.4 is 15.4 Å². The average Bonchev–Trinajstić information content (AvgIpc) is 3.09. The molecule has 170 valence electrons. The summed E-state index contributed by atoms with van der Waals surface area (Å²) in [5.74, 6) is -0.221. The summed E-state index contributed by atoms with van der Waals surface area (Å²) < 4.78 is 12.6. The van der Waals surface area contributed by atoms with Crippen LogP contribution in [0.25, 0.3) is 10.1 Å². The van der Waals surface area contributed by atoms with Crippen molar-refractivity contribution in [3.63, 3.8) is 0 Å². The fourth-order valence-electron chi connectivity index (χ4n) is 3.87. The van der Waals surface area contributed by atoms with Crippen LogP contribution in [0.2, 0.25) is 0 Å². The second-order valence-corrected chi connectivity index (χ2v) is 9.67. The molecule has 1 atom stereocenters. The lowest BCUT2D eigenvalue weighted by Crippen LogP contribution is -2.92. The van der Waals surface area contributed by atoms with Gasteiger partial charge in [-0.05, 0) is 54.6 Å². The number of halogens is 1. The molecule has 3 rings (SSSR count). The number of anilines is 1. The molecule has 1 aliphatic carbocycles. The van der Waals surface area contributed by atoms with Crippen molar-refractivity contribution in [2.75, 3.05) is 25.1 Å². The summed E-state index contributed by atoms with van der Waals surface area (Å²) in [5, 5.41) is 16.5. The van der Waals surface area contributed by atoms with Crippen molar-refractivity contribution in [2.45, 2.75) is 58.1 Å². The van der Waals surface area contributed by atoms with Crippen LogP contribution in [-0.2, 0) is 9.53 Å². The van der Waals surface area contributed by atoms with Crippen molar-refractivity contribution >= 4 is 54.2 Å². The van der Waals surface area contributed by atoms with Crippen LogP contribution in [0.15, 0.2) is 16.6 Å². The Labute approximate surface area is 194 Å². The maximum Gasteiger partial charge on any atom is 0.341 e. The zero-order valence-corrected chi connectivity index (χ0v) is 20.3. The van der Waals surface area contributed by atoms with E-state index in [0.29, 0.717) is 39.0 Å². The molecule has 1 fully saturated rings. The first-order chi connectivity index (χ1) is 14.9. The molecule has 1 amide bonds. The van der Waals surface area contributed by atoms with Gasteiger partial charge >= 0.3 is 5.97 Å². The van der Waals surface area contributed by atoms with Gasteiger partial charge in [-0.2, -0.15) is 0 Å². The number of quaternary nitrogens is 1. The Hall–Kier alpha value is -1.68. The molecule has 4 N–H and O–H groups in total. The number of ether oxygens (including phenoxy) is 2. The standard InChI is InChI=1S/C22H29BrN2O5S/c1-3-29-22(28)18-16-9-10-17(23)19(20(16)31-21(18)25-13(2)26)30-12-15(27)11-24-14-7-5-4-6-8-14/h9-10,14-15,24,27H,3-8,11-12H2,1-2H3,(H,25,26)/p+1/t15-/m0/s1. The Bertz CT molecular complexity index is 926. The number of aliphatic hydroxyl groups is 1. The SMILES string of the molecule is CCOC(=O)c1c(NC(C)=O)sc2c(OC[C@@H](O)C[NH2+]C3CCCCC3)c(Br)ccc12. The van der Waals surface area contributed by atoms with E-state index >= 15 is 0 Å². The fourth-order valence-corrected chi connectivity index (χ4v) is 5.68. The van der Waals surface area contributed by atoms with Crippen LogP contribution in [0.1, 0.15) is 56.3 Å². The molecular weight excluding hydrogens is 484 g/mol. The van der Waals surface area contributed by atoms with E-state index in [-0.39, 0.29) is 19.1 Å². The van der Waals surface area contributed by atoms with E-state index in [1.807, 2.05) is 0 Å². The number of nitrogens with two attached hydrogens (primary N) is 1. The van der Waals surface area contributed by atoms with E-state index in [9.17, 15) is 14.7 Å². The Balaban J connectivity index is 1.78. The topological polar surface area (TPSA) is 101 Å². The monoisotopic (exact) mass is 513 g/mol. The summed E-state index contributed by atoms with van der Waals surface area (Å²) in [6.07, 6.45) is 5.64. The third-order valence-electron chi connectivity index (χ3n) is 5.35. The molecule has 2 aromatic rings. The van der Waals surface area contributed by atoms with Crippen molar-refractivity contribution in [1.82, 2.24) is 0 Å². The highest BCUT2D eigenvalue weighted by molar-refractivity contribution is 9.10. The van der Waals surface area contributed by atoms with Crippen LogP contribution >= 0.6 is 27.3 Å². The number of hydrogen-bond donors (Lipinski definition) is 3. The number of benzene rings is 1. The van der Waals surface area contributed by atoms with Gasteiger partial charge in [-0.1, -0.05) is 12.5 Å². The van der Waals surface area contributed by atoms with Gasteiger partial charge in [0.15, 0.2) is 5.75 Å². The Morgan fingerprint density at radius 1 is 1.32 bits per heavy atom. The first kappa shape index (κ1) is 24.0. The predicted molar refractivity (Wildman–Crippen MR) is 125 cm³/mol. The van der Waals surface area contributed by atoms with Crippen molar-refractivity contribution < 1.29 is 29.5 Å². The second kappa shape index (κ2) is 11.3. The number of fused-ring (bicyclic) bond motifs is 1. The van der Waals surface area contributed by atoms with Crippen LogP contribution in [0, 0.1) is 0 Å². The Morgan fingerprint density at radius 3 is 2.74 bits per heavy atom. The summed E-state index contributed by atoms with van der Waals surface area (Å²) in [4.78, 5) is 24.2. The first-order valence-corrected chi connectivity index (χ1v) is 12.4. The summed E-state index contributed by atoms with van der Waals surface area (Å²) in [7, 11) is 0. The highest BCUT2D eigenvalue weighted by atomic mass is 79.9. The molecular formula is C22H30BrN2O5S+. The third kappa shape index (κ3) is 6.19. The normalized spacial score (nSPS) is 15.6. The lowest BCUT2D eigenvalue weighted by molar-refractivity contribution is -0.697. The minimum absolute atomic E-state index is 0.142. The smallest absolute Gasteiger partial charge is 0.341 e. The van der Waals surface area contributed by atoms with Gasteiger partial charge in [-0.25, -0.2) is 4.79 Å². The molecule has 0 radical (unpaired) electrons. The average molecular weight is 514 g/mol. The lowest BCUT2D eigenvalue weighted by Gasteiger charge is -2.21. The van der Waals surface area contributed by atoms with Crippen LogP contribution in [0.5, 0.6) is 5.75 Å². The number of nitrogens with one attached hydrogen (secondary N) is 1. The largest absolute Gasteiger partial charge is 0.488 e. The van der Waals surface area contributed by atoms with E-state index in [0.717, 1.165) is 4.47 Å². The van der Waals surface area contributed by atoms with E-state index in [4.69, 9.17) is 9.47 Å². The zero-order valence-electron chi connectivity index (χ0n) is 17.9. The number of amides is 1. The summed E-state index contributed by atoms with van der Waals surface area (Å²) in [6, 6.07) is 4.18. The molecule has 0 aliphatic heterocycles. The van der Waals surface area contributed by atoms with Gasteiger partial charge in [0.1, 0.15) is 29.8 Å². The maximum atomic E-state index is 12.6. The minimum Gasteiger partial charge on any atom is -0.488 e. The Kier molecular flexibility index (Phi) is 8.71. The molecule has 1 aromatic heterocycles. The lowest BCUT2D eigenvalue weighted by atomic mass is 9.95. The fraction of sp³-hybridized carbons (Fsp3) is 0.545. The number of carbonyl (C=O) groups is 2. The molecule has 31 heavy (non-hydrogen) atoms. The van der Waals surface area contributed by atoms with E-state index in [1.165, 1.54) is 50.4 Å². The molecule has 1 saturated carbocycles. The van der Waals surface area contributed by atoms with Crippen LogP contribution in [-0.4, -0.2) is 48.9 Å². The van der Waals surface area contributed by atoms with Crippen LogP contribution in [0.3, 0.4) is 0 Å². The van der Waals surface area contributed by atoms with Gasteiger partial charge in [0.05, 0.1) is 21.8 Å². The number of rotatable bonds is 9. The predicted octanol–water partition coefficient (Wildman–Crippen LogP) is 3.43. The zero-order chi connectivity index (χ0) is 22.4. The summed E-state index contributed by atoms with van der Waals surface area (Å²) in [5.41, 5.74) is 0.320. The molecule has 0 spiro atoms. The molecule has 1 heterocycles. The number of thiophene rings is 1. The van der Waals surface area contributed by atoms with Crippen molar-refractivity contribution in [3.05, 3.63) is 22.2 Å². The molecule has 0 bridgehead atoms. The molecule has 9 heteroatoms. The molecule has 7 nitrogen and oxygen atoms in total.